The van der Waals surface area contributed by atoms with Gasteiger partial charge >= 0.3 is 0 Å². The Morgan fingerprint density at radius 3 is 2.58 bits per heavy atom. The van der Waals surface area contributed by atoms with Gasteiger partial charge in [-0.1, -0.05) is 30.3 Å². The zero-order valence-corrected chi connectivity index (χ0v) is 10.1. The summed E-state index contributed by atoms with van der Waals surface area (Å²) in [7, 11) is 0. The zero-order valence-electron chi connectivity index (χ0n) is 10.1. The predicted octanol–water partition coefficient (Wildman–Crippen LogP) is 3.06. The third-order valence-electron chi connectivity index (χ3n) is 2.49. The molecule has 0 heterocycles. The van der Waals surface area contributed by atoms with Crippen molar-refractivity contribution < 1.29 is 9.18 Å². The predicted molar refractivity (Wildman–Crippen MR) is 74.9 cm³/mol. The SMILES string of the molecule is Nc1cc(NC(=O)C=Cc2ccccc2)ccc1F. The zero-order chi connectivity index (χ0) is 13.7. The van der Waals surface area contributed by atoms with Crippen LogP contribution in [0.3, 0.4) is 0 Å². The first kappa shape index (κ1) is 12.8. The highest BCUT2D eigenvalue weighted by Crippen LogP contribution is 2.16. The monoisotopic (exact) mass is 256 g/mol. The molecule has 0 bridgehead atoms. The van der Waals surface area contributed by atoms with Crippen molar-refractivity contribution in [1.29, 1.82) is 0 Å². The second kappa shape index (κ2) is 5.82. The van der Waals surface area contributed by atoms with Crippen LogP contribution < -0.4 is 11.1 Å². The van der Waals surface area contributed by atoms with Gasteiger partial charge in [0.15, 0.2) is 0 Å². The van der Waals surface area contributed by atoms with Crippen molar-refractivity contribution in [3.8, 4) is 0 Å². The van der Waals surface area contributed by atoms with Gasteiger partial charge in [-0.3, -0.25) is 4.79 Å². The van der Waals surface area contributed by atoms with Crippen LogP contribution in [0.2, 0.25) is 0 Å². The van der Waals surface area contributed by atoms with Crippen LogP contribution in [0.15, 0.2) is 54.6 Å². The fourth-order valence-corrected chi connectivity index (χ4v) is 1.54. The molecule has 0 atom stereocenters. The molecule has 0 spiro atoms. The number of anilines is 2. The van der Waals surface area contributed by atoms with Crippen LogP contribution >= 0.6 is 0 Å². The van der Waals surface area contributed by atoms with E-state index in [1.807, 2.05) is 30.3 Å². The van der Waals surface area contributed by atoms with E-state index in [0.29, 0.717) is 5.69 Å². The van der Waals surface area contributed by atoms with Crippen molar-refractivity contribution in [1.82, 2.24) is 0 Å². The molecule has 2 rings (SSSR count). The fraction of sp³-hybridized carbons (Fsp3) is 0. The Morgan fingerprint density at radius 1 is 1.16 bits per heavy atom. The smallest absolute Gasteiger partial charge is 0.248 e. The average Bonchev–Trinajstić information content (AvgIpc) is 2.42. The molecule has 0 unspecified atom stereocenters. The van der Waals surface area contributed by atoms with Crippen molar-refractivity contribution in [3.63, 3.8) is 0 Å². The van der Waals surface area contributed by atoms with Gasteiger partial charge in [-0.2, -0.15) is 0 Å². The average molecular weight is 256 g/mol. The Hall–Kier alpha value is -2.62. The largest absolute Gasteiger partial charge is 0.396 e. The lowest BCUT2D eigenvalue weighted by molar-refractivity contribution is -0.111. The molecule has 2 aromatic rings. The number of halogens is 1. The Bertz CT molecular complexity index is 609. The third-order valence-corrected chi connectivity index (χ3v) is 2.49. The Balaban J connectivity index is 2.01. The van der Waals surface area contributed by atoms with Gasteiger partial charge in [0.2, 0.25) is 5.91 Å². The summed E-state index contributed by atoms with van der Waals surface area (Å²) in [5.41, 5.74) is 6.81. The lowest BCUT2D eigenvalue weighted by Gasteiger charge is -2.03. The minimum Gasteiger partial charge on any atom is -0.396 e. The number of carbonyl (C=O) groups is 1. The second-order valence-corrected chi connectivity index (χ2v) is 3.97. The second-order valence-electron chi connectivity index (χ2n) is 3.97. The lowest BCUT2D eigenvalue weighted by Crippen LogP contribution is -2.08. The van der Waals surface area contributed by atoms with Crippen LogP contribution in [0.1, 0.15) is 5.56 Å². The number of rotatable bonds is 3. The van der Waals surface area contributed by atoms with Crippen molar-refractivity contribution in [2.24, 2.45) is 0 Å². The van der Waals surface area contributed by atoms with Crippen LogP contribution in [0.25, 0.3) is 6.08 Å². The normalized spacial score (nSPS) is 10.6. The minimum atomic E-state index is -0.502. The maximum absolute atomic E-state index is 13.0. The molecule has 0 aromatic heterocycles. The van der Waals surface area contributed by atoms with Gasteiger partial charge in [-0.15, -0.1) is 0 Å². The third kappa shape index (κ3) is 3.67. The maximum atomic E-state index is 13.0. The van der Waals surface area contributed by atoms with E-state index in [1.165, 1.54) is 24.3 Å². The van der Waals surface area contributed by atoms with Crippen LogP contribution in [0.4, 0.5) is 15.8 Å². The number of hydrogen-bond donors (Lipinski definition) is 2. The molecular formula is C15H13FN2O. The summed E-state index contributed by atoms with van der Waals surface area (Å²) >= 11 is 0. The summed E-state index contributed by atoms with van der Waals surface area (Å²) in [6, 6.07) is 13.5. The molecule has 0 aliphatic carbocycles. The molecule has 0 saturated carbocycles. The number of amides is 1. The molecular weight excluding hydrogens is 243 g/mol. The number of nitrogens with two attached hydrogens (primary N) is 1. The molecule has 0 aliphatic rings. The van der Waals surface area contributed by atoms with Crippen LogP contribution in [0, 0.1) is 5.82 Å². The minimum absolute atomic E-state index is 0.00448. The Morgan fingerprint density at radius 2 is 1.89 bits per heavy atom. The topological polar surface area (TPSA) is 55.1 Å². The summed E-state index contributed by atoms with van der Waals surface area (Å²) in [5.74, 6) is -0.798. The molecule has 3 N–H and O–H groups in total. The standard InChI is InChI=1S/C15H13FN2O/c16-13-8-7-12(10-14(13)17)18-15(19)9-6-11-4-2-1-3-5-11/h1-10H,17H2,(H,18,19). The summed E-state index contributed by atoms with van der Waals surface area (Å²) in [4.78, 5) is 11.6. The highest BCUT2D eigenvalue weighted by atomic mass is 19.1. The number of benzene rings is 2. The summed E-state index contributed by atoms with van der Waals surface area (Å²) in [6.07, 6.45) is 3.11. The molecule has 0 fully saturated rings. The quantitative estimate of drug-likeness (QED) is 0.655. The Labute approximate surface area is 110 Å². The molecule has 4 heteroatoms. The fourth-order valence-electron chi connectivity index (χ4n) is 1.54. The summed E-state index contributed by atoms with van der Waals surface area (Å²) < 4.78 is 13.0. The van der Waals surface area contributed by atoms with Gasteiger partial charge in [0.25, 0.3) is 0 Å². The first-order valence-corrected chi connectivity index (χ1v) is 5.74. The first-order valence-electron chi connectivity index (χ1n) is 5.74. The van der Waals surface area contributed by atoms with Crippen LogP contribution in [-0.2, 0) is 4.79 Å². The molecule has 2 aromatic carbocycles. The summed E-state index contributed by atoms with van der Waals surface area (Å²) in [5, 5.41) is 2.61. The molecule has 0 aliphatic heterocycles. The summed E-state index contributed by atoms with van der Waals surface area (Å²) in [6.45, 7) is 0. The van der Waals surface area contributed by atoms with E-state index in [1.54, 1.807) is 6.08 Å². The van der Waals surface area contributed by atoms with Crippen molar-refractivity contribution in [3.05, 3.63) is 66.0 Å². The van der Waals surface area contributed by atoms with Gasteiger partial charge < -0.3 is 11.1 Å². The molecule has 0 radical (unpaired) electrons. The van der Waals surface area contributed by atoms with Crippen molar-refractivity contribution >= 4 is 23.4 Å². The van der Waals surface area contributed by atoms with E-state index in [0.717, 1.165) is 5.56 Å². The highest BCUT2D eigenvalue weighted by molar-refractivity contribution is 6.02. The van der Waals surface area contributed by atoms with Gasteiger partial charge in [0.05, 0.1) is 5.69 Å². The van der Waals surface area contributed by atoms with E-state index in [9.17, 15) is 9.18 Å². The molecule has 19 heavy (non-hydrogen) atoms. The van der Waals surface area contributed by atoms with Crippen LogP contribution in [0.5, 0.6) is 0 Å². The number of carbonyl (C=O) groups excluding carboxylic acids is 1. The van der Waals surface area contributed by atoms with Crippen molar-refractivity contribution in [2.45, 2.75) is 0 Å². The molecule has 1 amide bonds. The molecule has 3 nitrogen and oxygen atoms in total. The van der Waals surface area contributed by atoms with Gasteiger partial charge in [0.1, 0.15) is 5.82 Å². The van der Waals surface area contributed by atoms with Crippen molar-refractivity contribution in [2.75, 3.05) is 11.1 Å². The van der Waals surface area contributed by atoms with E-state index < -0.39 is 5.82 Å². The lowest BCUT2D eigenvalue weighted by atomic mass is 10.2. The van der Waals surface area contributed by atoms with Gasteiger partial charge in [-0.25, -0.2) is 4.39 Å². The molecule has 96 valence electrons. The van der Waals surface area contributed by atoms with E-state index >= 15 is 0 Å². The number of hydrogen-bond acceptors (Lipinski definition) is 2. The highest BCUT2D eigenvalue weighted by Gasteiger charge is 2.01. The van der Waals surface area contributed by atoms with E-state index in [-0.39, 0.29) is 11.6 Å². The van der Waals surface area contributed by atoms with Gasteiger partial charge in [-0.05, 0) is 29.8 Å². The van der Waals surface area contributed by atoms with Gasteiger partial charge in [0, 0.05) is 11.8 Å². The number of nitrogens with one attached hydrogen (secondary N) is 1. The first-order chi connectivity index (χ1) is 9.15. The van der Waals surface area contributed by atoms with E-state index in [4.69, 9.17) is 5.73 Å². The molecule has 0 saturated heterocycles. The van der Waals surface area contributed by atoms with E-state index in [2.05, 4.69) is 5.32 Å². The Kier molecular flexibility index (Phi) is 3.93. The maximum Gasteiger partial charge on any atom is 0.248 e. The number of nitrogen functional groups attached to an aromatic ring is 1. The van der Waals surface area contributed by atoms with Crippen LogP contribution in [-0.4, -0.2) is 5.91 Å².